The van der Waals surface area contributed by atoms with Gasteiger partial charge in [0.05, 0.1) is 0 Å². The number of rotatable bonds is 18. The van der Waals surface area contributed by atoms with Crippen LogP contribution >= 0.6 is 0 Å². The van der Waals surface area contributed by atoms with Crippen molar-refractivity contribution in [3.05, 3.63) is 93.5 Å². The van der Waals surface area contributed by atoms with Crippen LogP contribution in [0.3, 0.4) is 0 Å². The summed E-state index contributed by atoms with van der Waals surface area (Å²) >= 11 is 0.114. The van der Waals surface area contributed by atoms with E-state index in [2.05, 4.69) is 230 Å². The fourth-order valence-corrected chi connectivity index (χ4v) is 62.1. The van der Waals surface area contributed by atoms with Crippen LogP contribution in [0.5, 0.6) is 0 Å². The molecule has 0 heterocycles. The average Bonchev–Trinajstić information content (AvgIpc) is 3.01. The van der Waals surface area contributed by atoms with Crippen LogP contribution in [0, 0.1) is 0 Å². The molecule has 0 bridgehead atoms. The fraction of sp³-hybridized carbons (Fsp3) is 0.640. The summed E-state index contributed by atoms with van der Waals surface area (Å²) in [5.41, 5.74) is 11.2. The van der Waals surface area contributed by atoms with Gasteiger partial charge in [0.25, 0.3) is 0 Å². The predicted molar refractivity (Wildman–Crippen MR) is 289 cm³/mol. The van der Waals surface area contributed by atoms with E-state index >= 15 is 0 Å². The van der Waals surface area contributed by atoms with E-state index in [1.807, 2.05) is 0 Å². The van der Waals surface area contributed by atoms with Gasteiger partial charge in [-0.1, -0.05) is 0 Å². The molecule has 9 heteroatoms. The van der Waals surface area contributed by atoms with Crippen molar-refractivity contribution in [3.8, 4) is 0 Å². The molecule has 3 aromatic rings. The predicted octanol–water partition coefficient (Wildman–Crippen LogP) is 15.0. The second-order valence-corrected chi connectivity index (χ2v) is 65.3. The SMILES string of the molecule is CC(C)c1cc(C(C)C)[c]([Sn]([O]C(C[Se])c2ccccc2)[c]2c(C([Si](C)(C)C)[Si](C)(C)C)cc(C([Si](C)(C)C)[Si](C)(C)C)cc2C([Si](C)(C)C)[Si](C)(C)C)c(C(C)C)c1. The molecule has 1 atom stereocenters. The summed E-state index contributed by atoms with van der Waals surface area (Å²) in [6.07, 6.45) is 0.0157. The quantitative estimate of drug-likeness (QED) is 0.115. The third-order valence-corrected chi connectivity index (χ3v) is 48.4. The molecule has 0 aliphatic heterocycles. The van der Waals surface area contributed by atoms with Crippen LogP contribution in [0.4, 0.5) is 0 Å². The van der Waals surface area contributed by atoms with Crippen LogP contribution in [0.1, 0.15) is 120 Å². The summed E-state index contributed by atoms with van der Waals surface area (Å²) in [7, 11) is -10.3. The first kappa shape index (κ1) is 53.6. The van der Waals surface area contributed by atoms with Crippen LogP contribution in [0.25, 0.3) is 0 Å². The van der Waals surface area contributed by atoms with Crippen LogP contribution in [-0.2, 0) is 3.07 Å². The first-order valence-corrected chi connectivity index (χ1v) is 49.8. The molecule has 3 aromatic carbocycles. The van der Waals surface area contributed by atoms with E-state index in [9.17, 15) is 0 Å². The minimum atomic E-state index is -3.41. The van der Waals surface area contributed by atoms with E-state index in [-0.39, 0.29) is 6.10 Å². The third-order valence-electron chi connectivity index (χ3n) is 12.5. The van der Waals surface area contributed by atoms with Gasteiger partial charge in [0.15, 0.2) is 0 Å². The first-order chi connectivity index (χ1) is 26.5. The van der Waals surface area contributed by atoms with Crippen molar-refractivity contribution in [2.24, 2.45) is 0 Å². The molecule has 330 valence electrons. The van der Waals surface area contributed by atoms with E-state index in [1.54, 1.807) is 35.0 Å². The van der Waals surface area contributed by atoms with Gasteiger partial charge in [-0.25, -0.2) is 0 Å². The van der Waals surface area contributed by atoms with Crippen molar-refractivity contribution in [1.29, 1.82) is 0 Å². The molecule has 0 spiro atoms. The molecular weight excluding hydrogens is 983 g/mol. The fourth-order valence-electron chi connectivity index (χ4n) is 11.8. The van der Waals surface area contributed by atoms with E-state index in [0.29, 0.717) is 33.2 Å². The average molecular weight is 1070 g/mol. The number of hydrogen-bond donors (Lipinski definition) is 0. The van der Waals surface area contributed by atoms with Crippen molar-refractivity contribution in [1.82, 2.24) is 0 Å². The summed E-state index contributed by atoms with van der Waals surface area (Å²) in [6.45, 7) is 63.3. The topological polar surface area (TPSA) is 9.23 Å². The van der Waals surface area contributed by atoms with Crippen molar-refractivity contribution in [3.63, 3.8) is 0 Å². The Bertz CT molecular complexity index is 1730. The Balaban J connectivity index is 2.99. The van der Waals surface area contributed by atoms with Gasteiger partial charge in [-0.15, -0.1) is 0 Å². The molecule has 1 unspecified atom stereocenters. The third kappa shape index (κ3) is 13.2. The van der Waals surface area contributed by atoms with Gasteiger partial charge in [-0.05, 0) is 0 Å². The summed E-state index contributed by atoms with van der Waals surface area (Å²) < 4.78 is 11.8. The zero-order valence-corrected chi connectivity index (χ0v) is 53.3. The Morgan fingerprint density at radius 1 is 0.424 bits per heavy atom. The molecule has 0 saturated carbocycles. The maximum atomic E-state index is 8.35. The van der Waals surface area contributed by atoms with Gasteiger partial charge < -0.3 is 0 Å². The Labute approximate surface area is 389 Å². The van der Waals surface area contributed by atoms with Crippen LogP contribution in [0.2, 0.25) is 123 Å². The van der Waals surface area contributed by atoms with E-state index in [0.717, 1.165) is 5.32 Å². The normalized spacial score (nSPS) is 14.6. The van der Waals surface area contributed by atoms with Gasteiger partial charge in [0.2, 0.25) is 0 Å². The Kier molecular flexibility index (Phi) is 18.0. The molecule has 0 fully saturated rings. The standard InChI is InChI=1S/C27H59Si6.C15H23.C8H8OSe.Sn/c1-28(2,3)25(29(4,5)6)22-19-23(26(30(7,8)9)31(10,11)12)21-24(20-22)27(32(13,14)15)33(16,17)18;1-10(2)13-7-14(11(3)4)9-15(8-13)12(5)6;9-8(6-10)7-4-2-1-3-5-7;/h19-20,25-27H,1-18H3;7-8,10-12H,1-6H3;1-5,8H,6H2;/q;;-1;+1. The maximum absolute atomic E-state index is 8.35. The molecule has 1 nitrogen and oxygen atoms in total. The summed E-state index contributed by atoms with van der Waals surface area (Å²) in [5, 5.41) is 2.80. The Morgan fingerprint density at radius 2 is 0.746 bits per heavy atom. The van der Waals surface area contributed by atoms with Gasteiger partial charge in [0.1, 0.15) is 0 Å². The molecule has 0 aliphatic rings. The van der Waals surface area contributed by atoms with Crippen molar-refractivity contribution in [2.45, 2.75) is 204 Å². The molecule has 3 rings (SSSR count). The Morgan fingerprint density at radius 3 is 1.03 bits per heavy atom. The van der Waals surface area contributed by atoms with Crippen molar-refractivity contribution < 1.29 is 3.07 Å². The van der Waals surface area contributed by atoms with Crippen LogP contribution in [-0.4, -0.2) is 84.6 Å². The Hall–Kier alpha value is 0.239. The molecular formula is C50H90OSeSi6Sn. The van der Waals surface area contributed by atoms with E-state index in [1.165, 1.54) is 11.1 Å². The molecule has 0 aliphatic carbocycles. The molecule has 0 aromatic heterocycles. The van der Waals surface area contributed by atoms with Gasteiger partial charge in [0, 0.05) is 0 Å². The molecule has 0 amide bonds. The van der Waals surface area contributed by atoms with Gasteiger partial charge in [-0.2, -0.15) is 0 Å². The zero-order valence-electron chi connectivity index (χ0n) is 42.8. The molecule has 0 N–H and O–H groups in total. The van der Waals surface area contributed by atoms with Crippen LogP contribution < -0.4 is 7.16 Å². The van der Waals surface area contributed by atoms with Crippen LogP contribution in [0.15, 0.2) is 54.6 Å². The van der Waals surface area contributed by atoms with Gasteiger partial charge >= 0.3 is 392 Å². The molecule has 2 radical (unpaired) electrons. The number of benzene rings is 3. The van der Waals surface area contributed by atoms with E-state index in [4.69, 9.17) is 3.07 Å². The van der Waals surface area contributed by atoms with E-state index < -0.39 is 68.6 Å². The second-order valence-electron chi connectivity index (χ2n) is 25.6. The zero-order chi connectivity index (χ0) is 45.6. The molecule has 59 heavy (non-hydrogen) atoms. The molecule has 0 saturated heterocycles. The number of hydrogen-bond acceptors (Lipinski definition) is 1. The monoisotopic (exact) mass is 1070 g/mol. The second kappa shape index (κ2) is 19.8. The van der Waals surface area contributed by atoms with Crippen molar-refractivity contribution >= 4 is 91.8 Å². The summed E-state index contributed by atoms with van der Waals surface area (Å²) in [5.74, 6) is 1.30. The van der Waals surface area contributed by atoms with Gasteiger partial charge in [-0.3, -0.25) is 0 Å². The van der Waals surface area contributed by atoms with Crippen molar-refractivity contribution in [2.75, 3.05) is 0 Å². The summed E-state index contributed by atoms with van der Waals surface area (Å²) in [4.78, 5) is 0. The first-order valence-electron chi connectivity index (χ1n) is 23.1. The summed E-state index contributed by atoms with van der Waals surface area (Å²) in [6, 6.07) is 22.4. The minimum absolute atomic E-state index is 0.0157.